The fourth-order valence-corrected chi connectivity index (χ4v) is 3.98. The van der Waals surface area contributed by atoms with E-state index in [1.807, 2.05) is 0 Å². The number of thioether (sulfide) groups is 1. The summed E-state index contributed by atoms with van der Waals surface area (Å²) in [5.41, 5.74) is 1.34. The number of rotatable bonds is 5. The van der Waals surface area contributed by atoms with Crippen molar-refractivity contribution in [2.75, 3.05) is 0 Å². The zero-order chi connectivity index (χ0) is 13.1. The van der Waals surface area contributed by atoms with Crippen molar-refractivity contribution >= 4 is 17.5 Å². The van der Waals surface area contributed by atoms with Gasteiger partial charge in [0, 0.05) is 11.3 Å². The summed E-state index contributed by atoms with van der Waals surface area (Å²) in [6.45, 7) is 6.65. The Morgan fingerprint density at radius 1 is 1.33 bits per heavy atom. The van der Waals surface area contributed by atoms with Crippen molar-refractivity contribution in [3.8, 4) is 0 Å². The second kappa shape index (κ2) is 5.92. The summed E-state index contributed by atoms with van der Waals surface area (Å²) in [5, 5.41) is 0.164. The van der Waals surface area contributed by atoms with E-state index in [4.69, 9.17) is 0 Å². The van der Waals surface area contributed by atoms with Crippen molar-refractivity contribution in [1.82, 2.24) is 0 Å². The fraction of sp³-hybridized carbons (Fsp3) is 0.562. The topological polar surface area (TPSA) is 17.1 Å². The average molecular weight is 262 g/mol. The number of ketones is 1. The molecule has 0 aliphatic carbocycles. The molecule has 0 fully saturated rings. The standard InChI is InChI=1S/C16H22OS/c1-11(2)8-12(3)9-14(17)16-10-13-6-4-5-7-15(13)18-16/h4-7,11-12,16H,8-10H2,1-3H3. The van der Waals surface area contributed by atoms with Gasteiger partial charge in [-0.05, 0) is 36.3 Å². The summed E-state index contributed by atoms with van der Waals surface area (Å²) in [5.74, 6) is 1.63. The highest BCUT2D eigenvalue weighted by molar-refractivity contribution is 8.01. The van der Waals surface area contributed by atoms with Gasteiger partial charge in [-0.3, -0.25) is 4.79 Å². The van der Waals surface area contributed by atoms with E-state index in [0.29, 0.717) is 17.6 Å². The van der Waals surface area contributed by atoms with Gasteiger partial charge < -0.3 is 0 Å². The van der Waals surface area contributed by atoms with Crippen LogP contribution in [-0.2, 0) is 11.2 Å². The molecule has 1 aliphatic rings. The van der Waals surface area contributed by atoms with Crippen LogP contribution >= 0.6 is 11.8 Å². The molecule has 1 aromatic carbocycles. The molecule has 98 valence electrons. The lowest BCUT2D eigenvalue weighted by Crippen LogP contribution is -2.19. The van der Waals surface area contributed by atoms with E-state index in [0.717, 1.165) is 19.3 Å². The molecule has 2 unspecified atom stereocenters. The average Bonchev–Trinajstić information content (AvgIpc) is 2.71. The molecule has 0 spiro atoms. The Balaban J connectivity index is 1.89. The molecule has 0 aromatic heterocycles. The molecular formula is C16H22OS. The maximum Gasteiger partial charge on any atom is 0.146 e. The van der Waals surface area contributed by atoms with Gasteiger partial charge in [0.1, 0.15) is 5.78 Å². The van der Waals surface area contributed by atoms with Gasteiger partial charge in [-0.2, -0.15) is 0 Å². The van der Waals surface area contributed by atoms with Crippen molar-refractivity contribution in [1.29, 1.82) is 0 Å². The lowest BCUT2D eigenvalue weighted by atomic mass is 9.92. The molecule has 2 atom stereocenters. The second-order valence-corrected chi connectivity index (χ2v) is 7.07. The summed E-state index contributed by atoms with van der Waals surface area (Å²) >= 11 is 1.76. The summed E-state index contributed by atoms with van der Waals surface area (Å²) in [4.78, 5) is 13.6. The monoisotopic (exact) mass is 262 g/mol. The minimum absolute atomic E-state index is 0.164. The van der Waals surface area contributed by atoms with Gasteiger partial charge in [0.25, 0.3) is 0 Å². The smallest absolute Gasteiger partial charge is 0.146 e. The molecule has 0 radical (unpaired) electrons. The molecule has 1 aromatic rings. The molecule has 0 saturated carbocycles. The van der Waals surface area contributed by atoms with Crippen molar-refractivity contribution in [3.05, 3.63) is 29.8 Å². The largest absolute Gasteiger partial charge is 0.298 e. The van der Waals surface area contributed by atoms with Crippen molar-refractivity contribution in [2.45, 2.75) is 50.2 Å². The third-order valence-electron chi connectivity index (χ3n) is 3.43. The molecule has 2 rings (SSSR count). The molecule has 0 amide bonds. The number of fused-ring (bicyclic) bond motifs is 1. The van der Waals surface area contributed by atoms with Crippen molar-refractivity contribution < 1.29 is 4.79 Å². The van der Waals surface area contributed by atoms with Crippen LogP contribution in [0.2, 0.25) is 0 Å². The Bertz CT molecular complexity index is 400. The highest BCUT2D eigenvalue weighted by Gasteiger charge is 2.28. The predicted octanol–water partition coefficient (Wildman–Crippen LogP) is 4.34. The number of hydrogen-bond acceptors (Lipinski definition) is 2. The van der Waals surface area contributed by atoms with E-state index in [2.05, 4.69) is 45.0 Å². The van der Waals surface area contributed by atoms with Crippen LogP contribution in [0.15, 0.2) is 29.2 Å². The first kappa shape index (κ1) is 13.7. The first-order chi connectivity index (χ1) is 8.56. The number of Topliss-reactive ketones (excluding diaryl/α,β-unsaturated/α-hetero) is 1. The number of carbonyl (C=O) groups excluding carboxylic acids is 1. The van der Waals surface area contributed by atoms with E-state index in [1.54, 1.807) is 11.8 Å². The van der Waals surface area contributed by atoms with E-state index >= 15 is 0 Å². The lowest BCUT2D eigenvalue weighted by molar-refractivity contribution is -0.119. The van der Waals surface area contributed by atoms with Gasteiger partial charge in [0.15, 0.2) is 0 Å². The van der Waals surface area contributed by atoms with Crippen LogP contribution in [0.1, 0.15) is 39.2 Å². The molecule has 1 heterocycles. The van der Waals surface area contributed by atoms with Gasteiger partial charge in [0.2, 0.25) is 0 Å². The SMILES string of the molecule is CC(C)CC(C)CC(=O)C1Cc2ccccc2S1. The minimum Gasteiger partial charge on any atom is -0.298 e. The maximum atomic E-state index is 12.3. The van der Waals surface area contributed by atoms with Crippen molar-refractivity contribution in [3.63, 3.8) is 0 Å². The van der Waals surface area contributed by atoms with E-state index in [1.165, 1.54) is 10.5 Å². The van der Waals surface area contributed by atoms with Gasteiger partial charge in [0.05, 0.1) is 5.25 Å². The Kier molecular flexibility index (Phi) is 4.50. The molecule has 0 bridgehead atoms. The van der Waals surface area contributed by atoms with Crippen LogP contribution in [0.5, 0.6) is 0 Å². The Hall–Kier alpha value is -0.760. The molecule has 2 heteroatoms. The normalized spacial score (nSPS) is 19.9. The van der Waals surface area contributed by atoms with E-state index in [-0.39, 0.29) is 5.25 Å². The van der Waals surface area contributed by atoms with Crippen LogP contribution in [0.4, 0.5) is 0 Å². The summed E-state index contributed by atoms with van der Waals surface area (Å²) in [7, 11) is 0. The second-order valence-electron chi connectivity index (χ2n) is 5.82. The van der Waals surface area contributed by atoms with Gasteiger partial charge >= 0.3 is 0 Å². The zero-order valence-corrected chi connectivity index (χ0v) is 12.3. The van der Waals surface area contributed by atoms with E-state index < -0.39 is 0 Å². The molecule has 1 nitrogen and oxygen atoms in total. The van der Waals surface area contributed by atoms with E-state index in [9.17, 15) is 4.79 Å². The Labute approximate surface area is 114 Å². The van der Waals surface area contributed by atoms with Gasteiger partial charge in [-0.25, -0.2) is 0 Å². The molecule has 0 saturated heterocycles. The first-order valence-corrected chi connectivity index (χ1v) is 7.71. The molecule has 0 N–H and O–H groups in total. The highest BCUT2D eigenvalue weighted by atomic mass is 32.2. The van der Waals surface area contributed by atoms with Gasteiger partial charge in [-0.1, -0.05) is 39.0 Å². The molecule has 18 heavy (non-hydrogen) atoms. The number of benzene rings is 1. The number of hydrogen-bond donors (Lipinski definition) is 0. The van der Waals surface area contributed by atoms with Crippen molar-refractivity contribution in [2.24, 2.45) is 11.8 Å². The first-order valence-electron chi connectivity index (χ1n) is 6.83. The fourth-order valence-electron chi connectivity index (χ4n) is 2.72. The summed E-state index contributed by atoms with van der Waals surface area (Å²) < 4.78 is 0. The Morgan fingerprint density at radius 2 is 2.06 bits per heavy atom. The third-order valence-corrected chi connectivity index (χ3v) is 4.80. The van der Waals surface area contributed by atoms with Crippen LogP contribution in [0.25, 0.3) is 0 Å². The third kappa shape index (κ3) is 3.38. The van der Waals surface area contributed by atoms with Crippen LogP contribution < -0.4 is 0 Å². The predicted molar refractivity (Wildman–Crippen MR) is 78.0 cm³/mol. The van der Waals surface area contributed by atoms with Crippen LogP contribution in [-0.4, -0.2) is 11.0 Å². The summed E-state index contributed by atoms with van der Waals surface area (Å²) in [6.07, 6.45) is 2.81. The lowest BCUT2D eigenvalue weighted by Gasteiger charge is -2.15. The Morgan fingerprint density at radius 3 is 2.72 bits per heavy atom. The minimum atomic E-state index is 0.164. The van der Waals surface area contributed by atoms with Gasteiger partial charge in [-0.15, -0.1) is 11.8 Å². The quantitative estimate of drug-likeness (QED) is 0.785. The maximum absolute atomic E-state index is 12.3. The van der Waals surface area contributed by atoms with Crippen LogP contribution in [0, 0.1) is 11.8 Å². The highest BCUT2D eigenvalue weighted by Crippen LogP contribution is 2.38. The number of carbonyl (C=O) groups is 1. The molecule has 1 aliphatic heterocycles. The summed E-state index contributed by atoms with van der Waals surface area (Å²) in [6, 6.07) is 8.39. The zero-order valence-electron chi connectivity index (χ0n) is 11.5. The molecular weight excluding hydrogens is 240 g/mol. The van der Waals surface area contributed by atoms with Crippen LogP contribution in [0.3, 0.4) is 0 Å².